The van der Waals surface area contributed by atoms with Crippen molar-refractivity contribution in [3.63, 3.8) is 0 Å². The number of fused-ring (bicyclic) bond motifs is 1. The summed E-state index contributed by atoms with van der Waals surface area (Å²) in [4.78, 5) is 16.6. The Hall–Kier alpha value is -2.66. The van der Waals surface area contributed by atoms with E-state index in [9.17, 15) is 4.79 Å². The first-order valence-electron chi connectivity index (χ1n) is 9.78. The first-order chi connectivity index (χ1) is 13.7. The number of aromatic nitrogens is 3. The highest BCUT2D eigenvalue weighted by molar-refractivity contribution is 6.29. The number of benzene rings is 1. The van der Waals surface area contributed by atoms with Crippen LogP contribution in [0.5, 0.6) is 0 Å². The Bertz CT molecular complexity index is 1050. The lowest BCUT2D eigenvalue weighted by Crippen LogP contribution is -2.12. The van der Waals surface area contributed by atoms with Gasteiger partial charge in [0, 0.05) is 41.5 Å². The van der Waals surface area contributed by atoms with Crippen LogP contribution >= 0.6 is 11.6 Å². The van der Waals surface area contributed by atoms with Crippen LogP contribution in [0.2, 0.25) is 5.15 Å². The summed E-state index contributed by atoms with van der Waals surface area (Å²) in [5, 5.41) is 7.87. The molecule has 6 heteroatoms. The highest BCUT2D eigenvalue weighted by Crippen LogP contribution is 2.34. The van der Waals surface area contributed by atoms with Crippen LogP contribution in [0.3, 0.4) is 0 Å². The number of hydrogen-bond acceptors (Lipinski definition) is 3. The van der Waals surface area contributed by atoms with Crippen LogP contribution in [0.15, 0.2) is 42.7 Å². The van der Waals surface area contributed by atoms with E-state index in [0.717, 1.165) is 40.4 Å². The molecule has 28 heavy (non-hydrogen) atoms. The number of amides is 1. The molecule has 1 aromatic carbocycles. The summed E-state index contributed by atoms with van der Waals surface area (Å²) >= 11 is 6.21. The smallest absolute Gasteiger partial charge is 0.251 e. The number of carbonyl (C=O) groups is 1. The molecule has 1 aliphatic carbocycles. The molecule has 142 valence electrons. The zero-order chi connectivity index (χ0) is 19.1. The Labute approximate surface area is 168 Å². The van der Waals surface area contributed by atoms with E-state index >= 15 is 0 Å². The van der Waals surface area contributed by atoms with Crippen LogP contribution in [0.25, 0.3) is 22.4 Å². The van der Waals surface area contributed by atoms with Gasteiger partial charge in [0.25, 0.3) is 5.91 Å². The van der Waals surface area contributed by atoms with E-state index in [-0.39, 0.29) is 5.91 Å². The number of hydrogen-bond donors (Lipinski definition) is 1. The van der Waals surface area contributed by atoms with Crippen molar-refractivity contribution in [2.75, 3.05) is 0 Å². The Kier molecular flexibility index (Phi) is 4.40. The van der Waals surface area contributed by atoms with E-state index in [1.807, 2.05) is 35.1 Å². The van der Waals surface area contributed by atoms with Gasteiger partial charge in [0.15, 0.2) is 0 Å². The average molecular weight is 393 g/mol. The van der Waals surface area contributed by atoms with E-state index in [4.69, 9.17) is 11.6 Å². The molecule has 0 spiro atoms. The second kappa shape index (κ2) is 7.06. The summed E-state index contributed by atoms with van der Waals surface area (Å²) in [6, 6.07) is 9.68. The molecule has 1 aliphatic heterocycles. The topological polar surface area (TPSA) is 59.8 Å². The molecule has 1 N–H and O–H groups in total. The van der Waals surface area contributed by atoms with E-state index in [1.54, 1.807) is 6.07 Å². The van der Waals surface area contributed by atoms with Gasteiger partial charge in [-0.15, -0.1) is 0 Å². The Morgan fingerprint density at radius 3 is 2.82 bits per heavy atom. The number of halogens is 1. The predicted molar refractivity (Wildman–Crippen MR) is 109 cm³/mol. The predicted octanol–water partition coefficient (Wildman–Crippen LogP) is 4.70. The summed E-state index contributed by atoms with van der Waals surface area (Å²) in [5.41, 5.74) is 5.37. The van der Waals surface area contributed by atoms with Crippen molar-refractivity contribution in [1.82, 2.24) is 20.1 Å². The van der Waals surface area contributed by atoms with Gasteiger partial charge in [-0.05, 0) is 42.5 Å². The molecule has 1 amide bonds. The molecule has 2 aliphatic rings. The minimum Gasteiger partial charge on any atom is -0.348 e. The van der Waals surface area contributed by atoms with Crippen molar-refractivity contribution < 1.29 is 4.79 Å². The quantitative estimate of drug-likeness (QED) is 0.654. The van der Waals surface area contributed by atoms with Crippen molar-refractivity contribution in [3.8, 4) is 22.4 Å². The lowest BCUT2D eigenvalue weighted by molar-refractivity contribution is 0.0966. The molecule has 1 saturated carbocycles. The van der Waals surface area contributed by atoms with E-state index in [2.05, 4.69) is 21.6 Å². The number of carbonyl (C=O) groups excluding carboxylic acids is 1. The maximum atomic E-state index is 12.1. The summed E-state index contributed by atoms with van der Waals surface area (Å²) in [7, 11) is 0. The highest BCUT2D eigenvalue weighted by Gasteiger charge is 2.21. The molecule has 0 atom stereocenters. The van der Waals surface area contributed by atoms with Crippen molar-refractivity contribution in [1.29, 1.82) is 0 Å². The average Bonchev–Trinajstić information content (AvgIpc) is 3.45. The third-order valence-electron chi connectivity index (χ3n) is 5.79. The summed E-state index contributed by atoms with van der Waals surface area (Å²) < 4.78 is 2.04. The highest BCUT2D eigenvalue weighted by atomic mass is 35.5. The van der Waals surface area contributed by atoms with Crippen molar-refractivity contribution in [3.05, 3.63) is 59.0 Å². The molecule has 0 saturated heterocycles. The zero-order valence-corrected chi connectivity index (χ0v) is 16.2. The van der Waals surface area contributed by atoms with Gasteiger partial charge in [0.1, 0.15) is 5.15 Å². The minimum atomic E-state index is -0.0372. The molecule has 1 fully saturated rings. The number of nitrogens with zero attached hydrogens (tertiary/aromatic N) is 3. The Balaban J connectivity index is 1.52. The van der Waals surface area contributed by atoms with E-state index in [0.29, 0.717) is 17.3 Å². The summed E-state index contributed by atoms with van der Waals surface area (Å²) in [6.07, 6.45) is 9.22. The van der Waals surface area contributed by atoms with Crippen LogP contribution in [0.4, 0.5) is 0 Å². The van der Waals surface area contributed by atoms with Gasteiger partial charge < -0.3 is 5.32 Å². The third-order valence-corrected chi connectivity index (χ3v) is 6.00. The lowest BCUT2D eigenvalue weighted by Gasteiger charge is -2.10. The van der Waals surface area contributed by atoms with Gasteiger partial charge in [-0.1, -0.05) is 36.6 Å². The third kappa shape index (κ3) is 3.20. The maximum Gasteiger partial charge on any atom is 0.251 e. The van der Waals surface area contributed by atoms with Crippen LogP contribution in [-0.2, 0) is 13.1 Å². The maximum absolute atomic E-state index is 12.1. The second-order valence-electron chi connectivity index (χ2n) is 7.69. The lowest BCUT2D eigenvalue weighted by atomic mass is 9.98. The summed E-state index contributed by atoms with van der Waals surface area (Å²) in [6.45, 7) is 1.55. The van der Waals surface area contributed by atoms with Gasteiger partial charge in [0.05, 0.1) is 11.9 Å². The van der Waals surface area contributed by atoms with Crippen molar-refractivity contribution >= 4 is 17.5 Å². The zero-order valence-electron chi connectivity index (χ0n) is 15.5. The SMILES string of the molecule is O=C1NCc2ccc(-c3nc(Cl)ccc3-c3cnn(CC4CCCC4)c3)cc21. The van der Waals surface area contributed by atoms with E-state index in [1.165, 1.54) is 25.7 Å². The molecule has 5 rings (SSSR count). The Morgan fingerprint density at radius 1 is 1.11 bits per heavy atom. The summed E-state index contributed by atoms with van der Waals surface area (Å²) in [5.74, 6) is 0.690. The second-order valence-corrected chi connectivity index (χ2v) is 8.07. The molecule has 3 aromatic rings. The minimum absolute atomic E-state index is 0.0372. The number of rotatable bonds is 4. The first-order valence-corrected chi connectivity index (χ1v) is 10.2. The Morgan fingerprint density at radius 2 is 1.96 bits per heavy atom. The molecule has 3 heterocycles. The molecular weight excluding hydrogens is 372 g/mol. The van der Waals surface area contributed by atoms with Gasteiger partial charge in [-0.25, -0.2) is 4.98 Å². The largest absolute Gasteiger partial charge is 0.348 e. The van der Waals surface area contributed by atoms with Crippen LogP contribution < -0.4 is 5.32 Å². The monoisotopic (exact) mass is 392 g/mol. The normalized spacial score (nSPS) is 16.4. The number of nitrogens with one attached hydrogen (secondary N) is 1. The van der Waals surface area contributed by atoms with Gasteiger partial charge >= 0.3 is 0 Å². The molecule has 0 unspecified atom stereocenters. The molecule has 5 nitrogen and oxygen atoms in total. The molecule has 0 bridgehead atoms. The fourth-order valence-electron chi connectivity index (χ4n) is 4.31. The van der Waals surface area contributed by atoms with Gasteiger partial charge in [-0.2, -0.15) is 5.10 Å². The van der Waals surface area contributed by atoms with Crippen molar-refractivity contribution in [2.24, 2.45) is 5.92 Å². The fraction of sp³-hybridized carbons (Fsp3) is 0.318. The first kappa shape index (κ1) is 17.4. The van der Waals surface area contributed by atoms with Crippen molar-refractivity contribution in [2.45, 2.75) is 38.8 Å². The molecule has 0 radical (unpaired) electrons. The standard InChI is InChI=1S/C22H21ClN4O/c23-20-8-7-18(17-11-25-27(13-17)12-14-3-1-2-4-14)21(26-20)15-5-6-16-10-24-22(28)19(16)9-15/h5-9,11,13-14H,1-4,10,12H2,(H,24,28). The molecular formula is C22H21ClN4O. The number of pyridine rings is 1. The van der Waals surface area contributed by atoms with E-state index < -0.39 is 0 Å². The van der Waals surface area contributed by atoms with Gasteiger partial charge in [0.2, 0.25) is 0 Å². The van der Waals surface area contributed by atoms with Gasteiger partial charge in [-0.3, -0.25) is 9.48 Å². The van der Waals surface area contributed by atoms with Crippen LogP contribution in [0, 0.1) is 5.92 Å². The molecule has 2 aromatic heterocycles. The fourth-order valence-corrected chi connectivity index (χ4v) is 4.46. The van der Waals surface area contributed by atoms with Crippen LogP contribution in [-0.4, -0.2) is 20.7 Å². The van der Waals surface area contributed by atoms with Crippen LogP contribution in [0.1, 0.15) is 41.6 Å².